The summed E-state index contributed by atoms with van der Waals surface area (Å²) >= 11 is 12.2. The fourth-order valence-electron chi connectivity index (χ4n) is 6.29. The number of carboxylic acids is 1. The van der Waals surface area contributed by atoms with Gasteiger partial charge < -0.3 is 10.0 Å². The van der Waals surface area contributed by atoms with Crippen molar-refractivity contribution in [2.75, 3.05) is 4.90 Å². The Morgan fingerprint density at radius 1 is 1.07 bits per heavy atom. The molecule has 4 atom stereocenters. The van der Waals surface area contributed by atoms with Crippen LogP contribution in [0.5, 0.6) is 0 Å². The largest absolute Gasteiger partial charge is 0.478 e. The zero-order valence-electron chi connectivity index (χ0n) is 22.7. The lowest BCUT2D eigenvalue weighted by Gasteiger charge is -2.39. The van der Waals surface area contributed by atoms with Gasteiger partial charge in [0.25, 0.3) is 5.91 Å². The third kappa shape index (κ3) is 4.50. The third-order valence-corrected chi connectivity index (χ3v) is 8.42. The summed E-state index contributed by atoms with van der Waals surface area (Å²) in [5.41, 5.74) is -2.92. The Bertz CT molecular complexity index is 1690. The second-order valence-electron chi connectivity index (χ2n) is 11.7. The second-order valence-corrected chi connectivity index (χ2v) is 12.5. The van der Waals surface area contributed by atoms with Gasteiger partial charge in [0.2, 0.25) is 0 Å². The Hall–Kier alpha value is -4.00. The number of hydrogen-bond acceptors (Lipinski definition) is 4. The zero-order chi connectivity index (χ0) is 30.7. The molecule has 0 saturated carbocycles. The van der Waals surface area contributed by atoms with Crippen molar-refractivity contribution in [1.82, 2.24) is 4.90 Å². The van der Waals surface area contributed by atoms with Gasteiger partial charge in [0.15, 0.2) is 0 Å². The fraction of sp³-hybridized carbons (Fsp3) is 0.290. The Balaban J connectivity index is 1.83. The topological polar surface area (TPSA) is 102 Å². The number of amides is 3. The molecule has 2 fully saturated rings. The molecule has 5 rings (SSSR count). The van der Waals surface area contributed by atoms with Gasteiger partial charge in [-0.3, -0.25) is 4.79 Å². The van der Waals surface area contributed by atoms with Gasteiger partial charge in [0.05, 0.1) is 28.4 Å². The number of anilines is 1. The van der Waals surface area contributed by atoms with Gasteiger partial charge in [-0.25, -0.2) is 23.3 Å². The number of halogens is 4. The molecule has 2 heterocycles. The van der Waals surface area contributed by atoms with Crippen LogP contribution in [0, 0.1) is 28.4 Å². The van der Waals surface area contributed by atoms with E-state index >= 15 is 8.78 Å². The molecular weight excluding hydrogens is 587 g/mol. The van der Waals surface area contributed by atoms with Crippen LogP contribution in [0.2, 0.25) is 10.0 Å². The molecule has 0 radical (unpaired) electrons. The first kappa shape index (κ1) is 29.5. The number of carboxylic acid groups (broad SMARTS) is 1. The first-order valence-electron chi connectivity index (χ1n) is 13.0. The molecule has 2 saturated heterocycles. The van der Waals surface area contributed by atoms with Crippen LogP contribution in [0.25, 0.3) is 0 Å². The SMILES string of the molecule is CC(C)(C)C[C@@H]1N2C(=O)N(c3cccc(C(=O)O)c3)C(=O)[C@H]2[C@H](c2cccc(Cl)c2F)[C@@]1(C#N)c1ccc(Cl)cc1F. The Morgan fingerprint density at radius 2 is 1.76 bits per heavy atom. The first-order chi connectivity index (χ1) is 19.7. The van der Waals surface area contributed by atoms with E-state index in [0.717, 1.165) is 11.0 Å². The number of urea groups is 1. The maximum absolute atomic E-state index is 15.9. The number of hydrogen-bond donors (Lipinski definition) is 1. The maximum atomic E-state index is 15.9. The molecule has 0 aromatic heterocycles. The summed E-state index contributed by atoms with van der Waals surface area (Å²) in [6.07, 6.45) is 0.125. The van der Waals surface area contributed by atoms with Crippen molar-refractivity contribution in [3.63, 3.8) is 0 Å². The molecule has 0 spiro atoms. The van der Waals surface area contributed by atoms with E-state index in [2.05, 4.69) is 6.07 Å². The second kappa shape index (κ2) is 10.4. The lowest BCUT2D eigenvalue weighted by Crippen LogP contribution is -2.49. The predicted molar refractivity (Wildman–Crippen MR) is 153 cm³/mol. The van der Waals surface area contributed by atoms with Crippen LogP contribution in [-0.4, -0.2) is 40.0 Å². The molecule has 2 aliphatic rings. The molecule has 11 heteroatoms. The van der Waals surface area contributed by atoms with Crippen molar-refractivity contribution in [2.24, 2.45) is 5.41 Å². The van der Waals surface area contributed by atoms with E-state index in [4.69, 9.17) is 23.2 Å². The number of benzene rings is 3. The van der Waals surface area contributed by atoms with E-state index in [1.165, 1.54) is 59.5 Å². The molecule has 3 amide bonds. The zero-order valence-corrected chi connectivity index (χ0v) is 24.2. The summed E-state index contributed by atoms with van der Waals surface area (Å²) in [6.45, 7) is 5.60. The summed E-state index contributed by atoms with van der Waals surface area (Å²) in [6, 6.07) is 12.0. The van der Waals surface area contributed by atoms with Crippen molar-refractivity contribution in [3.8, 4) is 6.07 Å². The highest BCUT2D eigenvalue weighted by atomic mass is 35.5. The van der Waals surface area contributed by atoms with E-state index in [1.807, 2.05) is 20.8 Å². The molecular formula is C31H25Cl2F2N3O4. The average molecular weight is 612 g/mol. The van der Waals surface area contributed by atoms with Crippen LogP contribution >= 0.6 is 23.2 Å². The smallest absolute Gasteiger partial charge is 0.335 e. The van der Waals surface area contributed by atoms with E-state index in [9.17, 15) is 24.8 Å². The summed E-state index contributed by atoms with van der Waals surface area (Å²) in [4.78, 5) is 42.2. The standard InChI is InChI=1S/C31H25Cl2F2N3O4/c1-30(2,3)14-23-31(15-36,20-11-10-17(32)13-22(20)34)24(19-8-5-9-21(33)25(19)35)26-27(39)37(29(42)38(23)26)18-7-4-6-16(12-18)28(40)41/h4-13,23-24,26H,14H2,1-3H3,(H,40,41)/t23-,24-,26+,31-/m0/s1. The minimum absolute atomic E-state index is 0.000596. The number of imide groups is 1. The lowest BCUT2D eigenvalue weighted by atomic mass is 9.62. The molecule has 3 aromatic rings. The quantitative estimate of drug-likeness (QED) is 0.308. The van der Waals surface area contributed by atoms with E-state index in [1.54, 1.807) is 0 Å². The minimum atomic E-state index is -1.95. The lowest BCUT2D eigenvalue weighted by molar-refractivity contribution is -0.119. The highest BCUT2D eigenvalue weighted by Gasteiger charge is 2.70. The normalized spacial score (nSPS) is 23.7. The number of fused-ring (bicyclic) bond motifs is 1. The van der Waals surface area contributed by atoms with Crippen LogP contribution in [-0.2, 0) is 10.2 Å². The van der Waals surface area contributed by atoms with Crippen LogP contribution < -0.4 is 4.90 Å². The van der Waals surface area contributed by atoms with Crippen LogP contribution in [0.15, 0.2) is 60.7 Å². The Labute approximate surface area is 250 Å². The average Bonchev–Trinajstić information content (AvgIpc) is 3.33. The first-order valence-corrected chi connectivity index (χ1v) is 13.8. The summed E-state index contributed by atoms with van der Waals surface area (Å²) < 4.78 is 31.7. The van der Waals surface area contributed by atoms with E-state index in [-0.39, 0.29) is 38.8 Å². The van der Waals surface area contributed by atoms with Crippen LogP contribution in [0.3, 0.4) is 0 Å². The van der Waals surface area contributed by atoms with Gasteiger partial charge in [0, 0.05) is 16.5 Å². The number of aromatic carboxylic acids is 1. The van der Waals surface area contributed by atoms with Gasteiger partial charge in [-0.15, -0.1) is 0 Å². The molecule has 3 aromatic carbocycles. The Morgan fingerprint density at radius 3 is 2.38 bits per heavy atom. The summed E-state index contributed by atoms with van der Waals surface area (Å²) in [7, 11) is 0. The minimum Gasteiger partial charge on any atom is -0.478 e. The summed E-state index contributed by atoms with van der Waals surface area (Å²) in [5, 5.41) is 20.3. The summed E-state index contributed by atoms with van der Waals surface area (Å²) in [5.74, 6) is -5.21. The number of nitrogens with zero attached hydrogens (tertiary/aromatic N) is 3. The predicted octanol–water partition coefficient (Wildman–Crippen LogP) is 7.17. The molecule has 0 aliphatic carbocycles. The molecule has 0 unspecified atom stereocenters. The van der Waals surface area contributed by atoms with Gasteiger partial charge in [0.1, 0.15) is 23.1 Å². The van der Waals surface area contributed by atoms with Gasteiger partial charge in [-0.2, -0.15) is 5.26 Å². The van der Waals surface area contributed by atoms with Crippen molar-refractivity contribution in [3.05, 3.63) is 99.0 Å². The number of carbonyl (C=O) groups is 3. The fourth-order valence-corrected chi connectivity index (χ4v) is 6.63. The number of nitriles is 1. The highest BCUT2D eigenvalue weighted by Crippen LogP contribution is 2.58. The van der Waals surface area contributed by atoms with E-state index < -0.39 is 58.4 Å². The number of carbonyl (C=O) groups excluding carboxylic acids is 2. The maximum Gasteiger partial charge on any atom is 0.335 e. The van der Waals surface area contributed by atoms with E-state index in [0.29, 0.717) is 0 Å². The van der Waals surface area contributed by atoms with Crippen LogP contribution in [0.1, 0.15) is 54.6 Å². The molecule has 216 valence electrons. The third-order valence-electron chi connectivity index (χ3n) is 7.89. The van der Waals surface area contributed by atoms with Crippen molar-refractivity contribution < 1.29 is 28.3 Å². The molecule has 0 bridgehead atoms. The van der Waals surface area contributed by atoms with Gasteiger partial charge in [-0.1, -0.05) is 68.2 Å². The molecule has 1 N–H and O–H groups in total. The number of rotatable bonds is 5. The monoisotopic (exact) mass is 611 g/mol. The van der Waals surface area contributed by atoms with Crippen molar-refractivity contribution >= 4 is 46.8 Å². The molecule has 42 heavy (non-hydrogen) atoms. The molecule has 2 aliphatic heterocycles. The van der Waals surface area contributed by atoms with Crippen molar-refractivity contribution in [1.29, 1.82) is 5.26 Å². The molecule has 7 nitrogen and oxygen atoms in total. The highest BCUT2D eigenvalue weighted by molar-refractivity contribution is 6.31. The Kier molecular flexibility index (Phi) is 7.28. The van der Waals surface area contributed by atoms with Gasteiger partial charge >= 0.3 is 12.0 Å². The van der Waals surface area contributed by atoms with Crippen LogP contribution in [0.4, 0.5) is 19.3 Å². The van der Waals surface area contributed by atoms with Crippen molar-refractivity contribution in [2.45, 2.75) is 50.6 Å². The van der Waals surface area contributed by atoms with Gasteiger partial charge in [-0.05, 0) is 53.8 Å².